The Hall–Kier alpha value is -2.27. The fourth-order valence-corrected chi connectivity index (χ4v) is 2.06. The van der Waals surface area contributed by atoms with Crippen molar-refractivity contribution in [2.45, 2.75) is 19.4 Å². The molecule has 0 aliphatic carbocycles. The standard InChI is InChI=1S/C14H14N4O/c1-2-12-17-14(18-19-12)13(15)11-8-16-7-9-5-3-4-6-10(9)11/h3-8,13H,2,15H2,1H3. The van der Waals surface area contributed by atoms with Crippen LogP contribution < -0.4 is 5.73 Å². The van der Waals surface area contributed by atoms with Gasteiger partial charge in [-0.2, -0.15) is 4.98 Å². The number of benzene rings is 1. The van der Waals surface area contributed by atoms with Gasteiger partial charge in [0.1, 0.15) is 0 Å². The van der Waals surface area contributed by atoms with Crippen molar-refractivity contribution < 1.29 is 4.52 Å². The summed E-state index contributed by atoms with van der Waals surface area (Å²) in [7, 11) is 0. The molecule has 5 heteroatoms. The number of rotatable bonds is 3. The average molecular weight is 254 g/mol. The normalized spacial score (nSPS) is 12.7. The van der Waals surface area contributed by atoms with Crippen LogP contribution in [0.3, 0.4) is 0 Å². The molecule has 0 fully saturated rings. The molecule has 96 valence electrons. The van der Waals surface area contributed by atoms with Crippen LogP contribution in [0.5, 0.6) is 0 Å². The molecule has 1 aromatic carbocycles. The zero-order chi connectivity index (χ0) is 13.2. The van der Waals surface area contributed by atoms with Gasteiger partial charge in [-0.05, 0) is 5.39 Å². The van der Waals surface area contributed by atoms with Crippen molar-refractivity contribution in [2.24, 2.45) is 5.73 Å². The summed E-state index contributed by atoms with van der Waals surface area (Å²) in [5.74, 6) is 1.09. The van der Waals surface area contributed by atoms with Crippen LogP contribution in [-0.4, -0.2) is 15.1 Å². The van der Waals surface area contributed by atoms with Crippen LogP contribution in [0, 0.1) is 0 Å². The highest BCUT2D eigenvalue weighted by atomic mass is 16.5. The average Bonchev–Trinajstić information content (AvgIpc) is 2.95. The van der Waals surface area contributed by atoms with Crippen LogP contribution in [0.1, 0.15) is 30.2 Å². The van der Waals surface area contributed by atoms with E-state index in [1.54, 1.807) is 6.20 Å². The molecular formula is C14H14N4O. The molecule has 0 amide bonds. The van der Waals surface area contributed by atoms with E-state index in [9.17, 15) is 0 Å². The molecular weight excluding hydrogens is 240 g/mol. The highest BCUT2D eigenvalue weighted by molar-refractivity contribution is 5.85. The van der Waals surface area contributed by atoms with Crippen LogP contribution in [0.15, 0.2) is 41.2 Å². The van der Waals surface area contributed by atoms with Crippen LogP contribution in [0.4, 0.5) is 0 Å². The van der Waals surface area contributed by atoms with Gasteiger partial charge in [0.2, 0.25) is 5.89 Å². The second kappa shape index (κ2) is 4.78. The minimum absolute atomic E-state index is 0.428. The summed E-state index contributed by atoms with van der Waals surface area (Å²) < 4.78 is 5.11. The van der Waals surface area contributed by atoms with E-state index in [1.807, 2.05) is 37.4 Å². The lowest BCUT2D eigenvalue weighted by molar-refractivity contribution is 0.375. The lowest BCUT2D eigenvalue weighted by atomic mass is 10.0. The van der Waals surface area contributed by atoms with Crippen LogP contribution in [0.2, 0.25) is 0 Å². The van der Waals surface area contributed by atoms with E-state index in [0.29, 0.717) is 18.1 Å². The fourth-order valence-electron chi connectivity index (χ4n) is 2.06. The molecule has 0 aliphatic rings. The topological polar surface area (TPSA) is 77.8 Å². The molecule has 0 saturated carbocycles. The zero-order valence-corrected chi connectivity index (χ0v) is 10.6. The first-order chi connectivity index (χ1) is 9.29. The number of aryl methyl sites for hydroxylation is 1. The fraction of sp³-hybridized carbons (Fsp3) is 0.214. The molecule has 1 unspecified atom stereocenters. The van der Waals surface area contributed by atoms with Gasteiger partial charge in [-0.25, -0.2) is 0 Å². The summed E-state index contributed by atoms with van der Waals surface area (Å²) >= 11 is 0. The maximum Gasteiger partial charge on any atom is 0.226 e. The lowest BCUT2D eigenvalue weighted by Crippen LogP contribution is -2.14. The Labute approximate surface area is 110 Å². The Morgan fingerprint density at radius 2 is 2.11 bits per heavy atom. The Morgan fingerprint density at radius 3 is 2.89 bits per heavy atom. The molecule has 0 radical (unpaired) electrons. The molecule has 1 atom stereocenters. The van der Waals surface area contributed by atoms with E-state index in [-0.39, 0.29) is 0 Å². The second-order valence-corrected chi connectivity index (χ2v) is 4.33. The third-order valence-corrected chi connectivity index (χ3v) is 3.10. The number of hydrogen-bond acceptors (Lipinski definition) is 5. The van der Waals surface area contributed by atoms with E-state index in [0.717, 1.165) is 16.3 Å². The Balaban J connectivity index is 2.08. The van der Waals surface area contributed by atoms with Crippen molar-refractivity contribution in [3.05, 3.63) is 53.9 Å². The molecule has 3 rings (SSSR count). The molecule has 5 nitrogen and oxygen atoms in total. The van der Waals surface area contributed by atoms with E-state index in [2.05, 4.69) is 15.1 Å². The van der Waals surface area contributed by atoms with Gasteiger partial charge in [0.25, 0.3) is 0 Å². The number of nitrogens with two attached hydrogens (primary N) is 1. The summed E-state index contributed by atoms with van der Waals surface area (Å²) in [6.07, 6.45) is 4.28. The Bertz CT molecular complexity index is 702. The van der Waals surface area contributed by atoms with Crippen LogP contribution in [-0.2, 0) is 6.42 Å². The number of pyridine rings is 1. The summed E-state index contributed by atoms with van der Waals surface area (Å²) in [4.78, 5) is 8.50. The van der Waals surface area contributed by atoms with Gasteiger partial charge in [-0.3, -0.25) is 4.98 Å². The predicted molar refractivity (Wildman–Crippen MR) is 71.4 cm³/mol. The van der Waals surface area contributed by atoms with Crippen LogP contribution in [0.25, 0.3) is 10.8 Å². The first-order valence-corrected chi connectivity index (χ1v) is 6.20. The maximum absolute atomic E-state index is 6.23. The van der Waals surface area contributed by atoms with Crippen molar-refractivity contribution in [1.29, 1.82) is 0 Å². The van der Waals surface area contributed by atoms with E-state index < -0.39 is 6.04 Å². The third kappa shape index (κ3) is 2.08. The van der Waals surface area contributed by atoms with Gasteiger partial charge in [-0.1, -0.05) is 36.3 Å². The van der Waals surface area contributed by atoms with Crippen molar-refractivity contribution in [3.8, 4) is 0 Å². The summed E-state index contributed by atoms with van der Waals surface area (Å²) in [5.41, 5.74) is 7.13. The Kier molecular flexibility index (Phi) is 2.97. The quantitative estimate of drug-likeness (QED) is 0.775. The SMILES string of the molecule is CCc1nc(C(N)c2cncc3ccccc23)no1. The molecule has 3 aromatic rings. The summed E-state index contributed by atoms with van der Waals surface area (Å²) in [5, 5.41) is 6.04. The molecule has 2 aromatic heterocycles. The highest BCUT2D eigenvalue weighted by Crippen LogP contribution is 2.24. The predicted octanol–water partition coefficient (Wildman–Crippen LogP) is 2.23. The van der Waals surface area contributed by atoms with Crippen molar-refractivity contribution in [3.63, 3.8) is 0 Å². The van der Waals surface area contributed by atoms with Crippen molar-refractivity contribution >= 4 is 10.8 Å². The van der Waals surface area contributed by atoms with Gasteiger partial charge in [0.15, 0.2) is 5.82 Å². The minimum Gasteiger partial charge on any atom is -0.339 e. The van der Waals surface area contributed by atoms with E-state index >= 15 is 0 Å². The molecule has 19 heavy (non-hydrogen) atoms. The largest absolute Gasteiger partial charge is 0.339 e. The number of fused-ring (bicyclic) bond motifs is 1. The maximum atomic E-state index is 6.23. The molecule has 0 aliphatic heterocycles. The minimum atomic E-state index is -0.428. The lowest BCUT2D eigenvalue weighted by Gasteiger charge is -2.10. The number of hydrogen-bond donors (Lipinski definition) is 1. The molecule has 2 heterocycles. The van der Waals surface area contributed by atoms with Gasteiger partial charge in [-0.15, -0.1) is 0 Å². The first-order valence-electron chi connectivity index (χ1n) is 6.20. The highest BCUT2D eigenvalue weighted by Gasteiger charge is 2.18. The monoisotopic (exact) mass is 254 g/mol. The van der Waals surface area contributed by atoms with E-state index in [1.165, 1.54) is 0 Å². The summed E-state index contributed by atoms with van der Waals surface area (Å²) in [6, 6.07) is 7.55. The van der Waals surface area contributed by atoms with Gasteiger partial charge in [0.05, 0.1) is 6.04 Å². The third-order valence-electron chi connectivity index (χ3n) is 3.10. The van der Waals surface area contributed by atoms with Crippen LogP contribution >= 0.6 is 0 Å². The molecule has 0 spiro atoms. The molecule has 2 N–H and O–H groups in total. The van der Waals surface area contributed by atoms with E-state index in [4.69, 9.17) is 10.3 Å². The summed E-state index contributed by atoms with van der Waals surface area (Å²) in [6.45, 7) is 1.96. The zero-order valence-electron chi connectivity index (χ0n) is 10.6. The molecule has 0 saturated heterocycles. The molecule has 0 bridgehead atoms. The van der Waals surface area contributed by atoms with Crippen molar-refractivity contribution in [2.75, 3.05) is 0 Å². The second-order valence-electron chi connectivity index (χ2n) is 4.33. The first kappa shape index (κ1) is 11.8. The Morgan fingerprint density at radius 1 is 1.26 bits per heavy atom. The number of nitrogens with zero attached hydrogens (tertiary/aromatic N) is 3. The van der Waals surface area contributed by atoms with Crippen molar-refractivity contribution in [1.82, 2.24) is 15.1 Å². The van der Waals surface area contributed by atoms with Gasteiger partial charge in [0, 0.05) is 29.8 Å². The number of aromatic nitrogens is 3. The van der Waals surface area contributed by atoms with Gasteiger partial charge >= 0.3 is 0 Å². The van der Waals surface area contributed by atoms with Gasteiger partial charge < -0.3 is 10.3 Å². The smallest absolute Gasteiger partial charge is 0.226 e.